The van der Waals surface area contributed by atoms with Gasteiger partial charge >= 0.3 is 11.7 Å². The monoisotopic (exact) mass is 476 g/mol. The van der Waals surface area contributed by atoms with Crippen LogP contribution in [-0.2, 0) is 23.6 Å². The van der Waals surface area contributed by atoms with Crippen molar-refractivity contribution in [2.45, 2.75) is 0 Å². The maximum atomic E-state index is 12.3. The molecule has 0 fully saturated rings. The fourth-order valence-electron chi connectivity index (χ4n) is 2.59. The number of rotatable bonds is 6. The summed E-state index contributed by atoms with van der Waals surface area (Å²) in [4.78, 5) is 60.8. The third kappa shape index (κ3) is 5.13. The van der Waals surface area contributed by atoms with E-state index in [1.165, 1.54) is 43.6 Å². The van der Waals surface area contributed by atoms with Gasteiger partial charge in [0.1, 0.15) is 5.82 Å². The van der Waals surface area contributed by atoms with E-state index in [1.807, 2.05) is 0 Å². The van der Waals surface area contributed by atoms with Crippen LogP contribution in [0.25, 0.3) is 0 Å². The predicted octanol–water partition coefficient (Wildman–Crippen LogP) is 1.85. The van der Waals surface area contributed by atoms with Crippen molar-refractivity contribution in [2.75, 3.05) is 17.2 Å². The molecule has 12 heteroatoms. The second-order valence-electron chi connectivity index (χ2n) is 6.52. The molecular weight excluding hydrogens is 460 g/mol. The maximum absolute atomic E-state index is 12.3. The van der Waals surface area contributed by atoms with Gasteiger partial charge in [-0.3, -0.25) is 23.5 Å². The highest BCUT2D eigenvalue weighted by Crippen LogP contribution is 2.24. The van der Waals surface area contributed by atoms with E-state index in [1.54, 1.807) is 17.5 Å². The summed E-state index contributed by atoms with van der Waals surface area (Å²) in [6, 6.07) is 8.57. The average Bonchev–Trinajstić information content (AvgIpc) is 3.31. The van der Waals surface area contributed by atoms with E-state index in [-0.39, 0.29) is 28.0 Å². The summed E-state index contributed by atoms with van der Waals surface area (Å²) < 4.78 is 6.94. The highest BCUT2D eigenvalue weighted by molar-refractivity contribution is 7.12. The molecule has 0 saturated heterocycles. The first-order valence-electron chi connectivity index (χ1n) is 9.06. The van der Waals surface area contributed by atoms with Crippen LogP contribution >= 0.6 is 22.9 Å². The number of anilines is 2. The minimum atomic E-state index is -0.832. The minimum absolute atomic E-state index is 0.0378. The Morgan fingerprint density at radius 1 is 1.06 bits per heavy atom. The lowest BCUT2D eigenvalue weighted by Gasteiger charge is -2.11. The van der Waals surface area contributed by atoms with Crippen LogP contribution in [0, 0.1) is 0 Å². The zero-order chi connectivity index (χ0) is 23.4. The summed E-state index contributed by atoms with van der Waals surface area (Å²) in [5, 5.41) is 6.93. The van der Waals surface area contributed by atoms with Crippen LogP contribution in [0.2, 0.25) is 5.02 Å². The summed E-state index contributed by atoms with van der Waals surface area (Å²) in [7, 11) is 2.68. The van der Waals surface area contributed by atoms with Crippen molar-refractivity contribution >= 4 is 52.2 Å². The molecule has 10 nitrogen and oxygen atoms in total. The smallest absolute Gasteiger partial charge is 0.338 e. The Hall–Kier alpha value is -3.70. The van der Waals surface area contributed by atoms with Crippen LogP contribution in [0.4, 0.5) is 11.5 Å². The molecule has 0 unspecified atom stereocenters. The highest BCUT2D eigenvalue weighted by atomic mass is 35.5. The fraction of sp³-hybridized carbons (Fsp3) is 0.150. The first kappa shape index (κ1) is 23.0. The fourth-order valence-corrected chi connectivity index (χ4v) is 3.37. The highest BCUT2D eigenvalue weighted by Gasteiger charge is 2.16. The molecule has 0 saturated carbocycles. The second-order valence-corrected chi connectivity index (χ2v) is 7.87. The molecule has 0 aliphatic heterocycles. The number of nitrogens with zero attached hydrogens (tertiary/aromatic N) is 2. The molecule has 0 radical (unpaired) electrons. The molecule has 0 aliphatic carbocycles. The number of nitrogens with one attached hydrogen (secondary N) is 2. The van der Waals surface area contributed by atoms with Crippen LogP contribution < -0.4 is 21.9 Å². The molecule has 1 aromatic carbocycles. The van der Waals surface area contributed by atoms with Gasteiger partial charge in [-0.15, -0.1) is 11.3 Å². The van der Waals surface area contributed by atoms with Gasteiger partial charge in [0.05, 0.1) is 21.2 Å². The summed E-state index contributed by atoms with van der Waals surface area (Å²) in [5.41, 5.74) is -0.953. The molecule has 3 rings (SSSR count). The quantitative estimate of drug-likeness (QED) is 0.522. The summed E-state index contributed by atoms with van der Waals surface area (Å²) in [6.07, 6.45) is 0. The molecule has 0 atom stereocenters. The van der Waals surface area contributed by atoms with E-state index in [0.29, 0.717) is 4.88 Å². The Balaban J connectivity index is 1.65. The van der Waals surface area contributed by atoms with Crippen molar-refractivity contribution in [2.24, 2.45) is 14.1 Å². The van der Waals surface area contributed by atoms with Crippen molar-refractivity contribution in [3.05, 3.63) is 78.1 Å². The van der Waals surface area contributed by atoms with E-state index in [9.17, 15) is 24.0 Å². The van der Waals surface area contributed by atoms with Gasteiger partial charge < -0.3 is 15.4 Å². The molecule has 2 aromatic heterocycles. The van der Waals surface area contributed by atoms with Crippen LogP contribution in [0.1, 0.15) is 20.0 Å². The third-order valence-corrected chi connectivity index (χ3v) is 5.52. The van der Waals surface area contributed by atoms with E-state index in [4.69, 9.17) is 16.3 Å². The van der Waals surface area contributed by atoms with Crippen molar-refractivity contribution in [3.8, 4) is 0 Å². The zero-order valence-electron chi connectivity index (χ0n) is 16.9. The number of carbonyl (C=O) groups is 3. The van der Waals surface area contributed by atoms with Crippen LogP contribution in [0.15, 0.2) is 51.4 Å². The molecule has 2 amide bonds. The predicted molar refractivity (Wildman–Crippen MR) is 120 cm³/mol. The lowest BCUT2D eigenvalue weighted by molar-refractivity contribution is -0.119. The summed E-state index contributed by atoms with van der Waals surface area (Å²) in [5.74, 6) is -2.00. The van der Waals surface area contributed by atoms with E-state index in [2.05, 4.69) is 10.6 Å². The number of hydrogen-bond donors (Lipinski definition) is 2. The Bertz CT molecular complexity index is 1310. The standard InChI is InChI=1S/C20H17ClN4O6S/c1-24-15(9-17(27)25(2)20(24)30)23-16(26)10-31-19(29)11-5-6-12(21)13(8-11)22-18(28)14-4-3-7-32-14/h3-9H,10H2,1-2H3,(H,22,28)(H,23,26). The van der Waals surface area contributed by atoms with E-state index >= 15 is 0 Å². The number of benzene rings is 1. The number of halogens is 1. The normalized spacial score (nSPS) is 10.5. The van der Waals surface area contributed by atoms with Gasteiger partial charge in [0.15, 0.2) is 6.61 Å². The Labute approximate surface area is 190 Å². The van der Waals surface area contributed by atoms with Crippen LogP contribution in [0.5, 0.6) is 0 Å². The Morgan fingerprint density at radius 2 is 1.81 bits per heavy atom. The summed E-state index contributed by atoms with van der Waals surface area (Å²) >= 11 is 7.34. The SMILES string of the molecule is Cn1c(NC(=O)COC(=O)c2ccc(Cl)c(NC(=O)c3cccs3)c2)cc(=O)n(C)c1=O. The minimum Gasteiger partial charge on any atom is -0.452 e. The summed E-state index contributed by atoms with van der Waals surface area (Å²) in [6.45, 7) is -0.665. The molecular formula is C20H17ClN4O6S. The molecule has 0 aliphatic rings. The molecule has 166 valence electrons. The van der Waals surface area contributed by atoms with Gasteiger partial charge in [-0.25, -0.2) is 9.59 Å². The topological polar surface area (TPSA) is 128 Å². The van der Waals surface area contributed by atoms with E-state index < -0.39 is 29.7 Å². The van der Waals surface area contributed by atoms with Crippen LogP contribution in [0.3, 0.4) is 0 Å². The van der Waals surface area contributed by atoms with Gasteiger partial charge in [0.25, 0.3) is 17.4 Å². The van der Waals surface area contributed by atoms with Gasteiger partial charge in [-0.05, 0) is 29.6 Å². The molecule has 2 N–H and O–H groups in total. The van der Waals surface area contributed by atoms with Gasteiger partial charge in [-0.2, -0.15) is 0 Å². The lowest BCUT2D eigenvalue weighted by atomic mass is 10.2. The van der Waals surface area contributed by atoms with Gasteiger partial charge in [-0.1, -0.05) is 17.7 Å². The molecule has 0 bridgehead atoms. The van der Waals surface area contributed by atoms with Crippen molar-refractivity contribution in [3.63, 3.8) is 0 Å². The first-order chi connectivity index (χ1) is 15.2. The van der Waals surface area contributed by atoms with Crippen molar-refractivity contribution in [1.82, 2.24) is 9.13 Å². The van der Waals surface area contributed by atoms with E-state index in [0.717, 1.165) is 15.2 Å². The zero-order valence-corrected chi connectivity index (χ0v) is 18.5. The second kappa shape index (κ2) is 9.62. The molecule has 3 aromatic rings. The van der Waals surface area contributed by atoms with Crippen LogP contribution in [-0.4, -0.2) is 33.5 Å². The number of esters is 1. The number of amides is 2. The Morgan fingerprint density at radius 3 is 2.50 bits per heavy atom. The molecule has 2 heterocycles. The van der Waals surface area contributed by atoms with Gasteiger partial charge in [0, 0.05) is 20.2 Å². The number of aromatic nitrogens is 2. The Kier molecular flexibility index (Phi) is 6.91. The first-order valence-corrected chi connectivity index (χ1v) is 10.3. The molecule has 0 spiro atoms. The third-order valence-electron chi connectivity index (χ3n) is 4.32. The lowest BCUT2D eigenvalue weighted by Crippen LogP contribution is -2.38. The van der Waals surface area contributed by atoms with Crippen molar-refractivity contribution < 1.29 is 19.1 Å². The largest absolute Gasteiger partial charge is 0.452 e. The maximum Gasteiger partial charge on any atom is 0.338 e. The number of carbonyl (C=O) groups excluding carboxylic acids is 3. The molecule has 32 heavy (non-hydrogen) atoms. The van der Waals surface area contributed by atoms with Gasteiger partial charge in [0.2, 0.25) is 0 Å². The number of hydrogen-bond acceptors (Lipinski definition) is 7. The average molecular weight is 477 g/mol. The number of ether oxygens (including phenoxy) is 1. The van der Waals surface area contributed by atoms with Crippen molar-refractivity contribution in [1.29, 1.82) is 0 Å². The number of thiophene rings is 1.